The normalized spacial score (nSPS) is 14.4. The number of carbonyl (C=O) groups is 2. The molecule has 0 aliphatic heterocycles. The van der Waals surface area contributed by atoms with Gasteiger partial charge in [-0.2, -0.15) is 17.9 Å². The van der Waals surface area contributed by atoms with Gasteiger partial charge in [-0.3, -0.25) is 4.79 Å². The Morgan fingerprint density at radius 2 is 1.70 bits per heavy atom. The van der Waals surface area contributed by atoms with Crippen LogP contribution in [0.15, 0.2) is 41.4 Å². The van der Waals surface area contributed by atoms with Gasteiger partial charge in [-0.05, 0) is 32.9 Å². The second-order valence-corrected chi connectivity index (χ2v) is 9.73. The van der Waals surface area contributed by atoms with E-state index in [0.717, 1.165) is 23.0 Å². The lowest BCUT2D eigenvalue weighted by molar-refractivity contribution is -0.207. The Morgan fingerprint density at radius 1 is 1.09 bits per heavy atom. The number of nitrogens with one attached hydrogen (secondary N) is 1. The van der Waals surface area contributed by atoms with Gasteiger partial charge in [0, 0.05) is 6.42 Å². The van der Waals surface area contributed by atoms with E-state index in [1.807, 2.05) is 0 Å². The second kappa shape index (κ2) is 9.47. The van der Waals surface area contributed by atoms with Crippen molar-refractivity contribution < 1.29 is 40.7 Å². The van der Waals surface area contributed by atoms with Gasteiger partial charge in [-0.1, -0.05) is 23.4 Å². The molecule has 2 rings (SSSR count). The van der Waals surface area contributed by atoms with Gasteiger partial charge in [0.1, 0.15) is 0 Å². The molecule has 14 heteroatoms. The summed E-state index contributed by atoms with van der Waals surface area (Å²) in [6.07, 6.45) is -5.68. The molecule has 0 aliphatic rings. The van der Waals surface area contributed by atoms with Crippen LogP contribution in [0.5, 0.6) is 0 Å². The van der Waals surface area contributed by atoms with Crippen LogP contribution < -0.4 is 4.72 Å². The van der Waals surface area contributed by atoms with Gasteiger partial charge in [-0.25, -0.2) is 17.9 Å². The molecule has 0 amide bonds. The minimum Gasteiger partial charge on any atom is -0.467 e. The molecule has 0 fully saturated rings. The first kappa shape index (κ1) is 26.3. The maximum absolute atomic E-state index is 14.2. The third-order valence-corrected chi connectivity index (χ3v) is 5.86. The molecule has 0 aliphatic carbocycles. The predicted molar refractivity (Wildman–Crippen MR) is 107 cm³/mol. The Morgan fingerprint density at radius 3 is 2.21 bits per heavy atom. The second-order valence-electron chi connectivity index (χ2n) is 8.05. The Hall–Kier alpha value is -3.00. The molecule has 0 bridgehead atoms. The number of esters is 2. The Kier molecular flexibility index (Phi) is 7.53. The summed E-state index contributed by atoms with van der Waals surface area (Å²) in [6.45, 7) is 4.37. The third kappa shape index (κ3) is 6.07. The van der Waals surface area contributed by atoms with Crippen molar-refractivity contribution >= 4 is 22.0 Å². The largest absolute Gasteiger partial charge is 0.467 e. The van der Waals surface area contributed by atoms with Crippen LogP contribution in [0, 0.1) is 5.41 Å². The van der Waals surface area contributed by atoms with Gasteiger partial charge in [0.2, 0.25) is 15.6 Å². The molecule has 2 aromatic rings. The van der Waals surface area contributed by atoms with Crippen molar-refractivity contribution in [3.63, 3.8) is 0 Å². The van der Waals surface area contributed by atoms with E-state index >= 15 is 0 Å². The van der Waals surface area contributed by atoms with Crippen molar-refractivity contribution in [2.75, 3.05) is 7.11 Å². The molecule has 1 heterocycles. The highest BCUT2D eigenvalue weighted by Crippen LogP contribution is 2.36. The van der Waals surface area contributed by atoms with E-state index in [4.69, 9.17) is 4.74 Å². The van der Waals surface area contributed by atoms with E-state index in [-0.39, 0.29) is 0 Å². The highest BCUT2D eigenvalue weighted by atomic mass is 32.2. The third-order valence-electron chi connectivity index (χ3n) is 4.35. The molecule has 0 saturated carbocycles. The number of methoxy groups -OCH3 is 1. The molecule has 1 unspecified atom stereocenters. The lowest BCUT2D eigenvalue weighted by Gasteiger charge is -2.32. The molecule has 1 N–H and O–H groups in total. The van der Waals surface area contributed by atoms with Crippen LogP contribution >= 0.6 is 0 Å². The number of hydrogen-bond donors (Lipinski definition) is 1. The van der Waals surface area contributed by atoms with E-state index in [1.165, 1.54) is 22.9 Å². The molecule has 0 radical (unpaired) electrons. The van der Waals surface area contributed by atoms with Crippen molar-refractivity contribution in [1.29, 1.82) is 0 Å². The molecule has 10 nitrogen and oxygen atoms in total. The Labute approximate surface area is 188 Å². The first-order chi connectivity index (χ1) is 15.1. The fourth-order valence-corrected chi connectivity index (χ4v) is 3.94. The molecular formula is C19H23F3N4O6S. The summed E-state index contributed by atoms with van der Waals surface area (Å²) in [6, 6.07) is 6.24. The number of carbonyl (C=O) groups excluding carboxylic acids is 2. The quantitative estimate of drug-likeness (QED) is 0.553. The number of rotatable bonds is 8. The van der Waals surface area contributed by atoms with Crippen molar-refractivity contribution in [2.45, 2.75) is 50.5 Å². The number of halogens is 3. The molecule has 1 atom stereocenters. The highest BCUT2D eigenvalue weighted by Gasteiger charge is 2.64. The molecule has 0 spiro atoms. The molecular weight excluding hydrogens is 469 g/mol. The summed E-state index contributed by atoms with van der Waals surface area (Å²) in [7, 11) is -4.11. The maximum Gasteiger partial charge on any atom is 0.418 e. The summed E-state index contributed by atoms with van der Waals surface area (Å²) < 4.78 is 79.6. The van der Waals surface area contributed by atoms with Gasteiger partial charge >= 0.3 is 18.1 Å². The van der Waals surface area contributed by atoms with E-state index < -0.39 is 62.8 Å². The average Bonchev–Trinajstić information content (AvgIpc) is 3.17. The molecule has 182 valence electrons. The zero-order valence-corrected chi connectivity index (χ0v) is 19.0. The number of sulfonamides is 1. The van der Waals surface area contributed by atoms with Crippen molar-refractivity contribution in [3.8, 4) is 0 Å². The van der Waals surface area contributed by atoms with Crippen molar-refractivity contribution in [3.05, 3.63) is 42.2 Å². The fraction of sp³-hybridized carbons (Fsp3) is 0.474. The van der Waals surface area contributed by atoms with Crippen LogP contribution in [0.4, 0.5) is 13.2 Å². The average molecular weight is 492 g/mol. The van der Waals surface area contributed by atoms with E-state index in [0.29, 0.717) is 7.11 Å². The van der Waals surface area contributed by atoms with Gasteiger partial charge in [0.05, 0.1) is 29.3 Å². The molecule has 33 heavy (non-hydrogen) atoms. The standard InChI is InChI=1S/C19H23F3N4O6S/c1-17(2,3)15(27)32-12-26-11-13(23-25-26)10-18(16(28)31-4,19(20,21)22)24-33(29,30)14-8-6-5-7-9-14/h5-9,11,24H,10,12H2,1-4H3. The minimum atomic E-state index is -5.41. The Bertz CT molecular complexity index is 1100. The first-order valence-corrected chi connectivity index (χ1v) is 10.9. The van der Waals surface area contributed by atoms with Crippen LogP contribution in [0.2, 0.25) is 0 Å². The van der Waals surface area contributed by atoms with Crippen molar-refractivity contribution in [1.82, 2.24) is 19.7 Å². The van der Waals surface area contributed by atoms with Crippen LogP contribution in [0.25, 0.3) is 0 Å². The van der Waals surface area contributed by atoms with Crippen LogP contribution in [-0.2, 0) is 42.2 Å². The number of benzene rings is 1. The number of aromatic nitrogens is 3. The smallest absolute Gasteiger partial charge is 0.418 e. The number of hydrogen-bond acceptors (Lipinski definition) is 8. The number of ether oxygens (including phenoxy) is 2. The SMILES string of the molecule is COC(=O)C(Cc1cn(COC(=O)C(C)(C)C)nn1)(NS(=O)(=O)c1ccccc1)C(F)(F)F. The summed E-state index contributed by atoms with van der Waals surface area (Å²) in [4.78, 5) is 23.7. The van der Waals surface area contributed by atoms with E-state index in [1.54, 1.807) is 20.8 Å². The summed E-state index contributed by atoms with van der Waals surface area (Å²) in [5, 5.41) is 7.12. The van der Waals surface area contributed by atoms with Crippen LogP contribution in [0.1, 0.15) is 26.5 Å². The summed E-state index contributed by atoms with van der Waals surface area (Å²) in [5.74, 6) is -2.47. The topological polar surface area (TPSA) is 129 Å². The van der Waals surface area contributed by atoms with Gasteiger partial charge in [0.25, 0.3) is 0 Å². The fourth-order valence-electron chi connectivity index (χ4n) is 2.58. The van der Waals surface area contributed by atoms with E-state index in [2.05, 4.69) is 15.0 Å². The Balaban J connectivity index is 2.39. The maximum atomic E-state index is 14.2. The van der Waals surface area contributed by atoms with Crippen LogP contribution in [0.3, 0.4) is 0 Å². The zero-order valence-electron chi connectivity index (χ0n) is 18.2. The number of alkyl halides is 3. The summed E-state index contributed by atoms with van der Waals surface area (Å²) in [5.41, 5.74) is -4.92. The highest BCUT2D eigenvalue weighted by molar-refractivity contribution is 7.89. The predicted octanol–water partition coefficient (Wildman–Crippen LogP) is 1.82. The van der Waals surface area contributed by atoms with Gasteiger partial charge < -0.3 is 9.47 Å². The first-order valence-electron chi connectivity index (χ1n) is 9.43. The summed E-state index contributed by atoms with van der Waals surface area (Å²) >= 11 is 0. The van der Waals surface area contributed by atoms with Gasteiger partial charge in [0.15, 0.2) is 6.73 Å². The molecule has 1 aromatic carbocycles. The van der Waals surface area contributed by atoms with Crippen LogP contribution in [-0.4, -0.2) is 54.2 Å². The van der Waals surface area contributed by atoms with Gasteiger partial charge in [-0.15, -0.1) is 5.10 Å². The molecule has 1 aromatic heterocycles. The van der Waals surface area contributed by atoms with E-state index in [9.17, 15) is 31.2 Å². The number of nitrogens with zero attached hydrogens (tertiary/aromatic N) is 3. The zero-order chi connectivity index (χ0) is 25.1. The lowest BCUT2D eigenvalue weighted by atomic mass is 9.94. The monoisotopic (exact) mass is 492 g/mol. The minimum absolute atomic E-state index is 0.403. The van der Waals surface area contributed by atoms with Crippen molar-refractivity contribution in [2.24, 2.45) is 5.41 Å². The molecule has 0 saturated heterocycles. The lowest BCUT2D eigenvalue weighted by Crippen LogP contribution is -2.65.